The van der Waals surface area contributed by atoms with Crippen LogP contribution in [0.5, 0.6) is 0 Å². The van der Waals surface area contributed by atoms with Crippen LogP contribution in [0.1, 0.15) is 11.1 Å². The van der Waals surface area contributed by atoms with Crippen molar-refractivity contribution >= 4 is 29.2 Å². The minimum Gasteiger partial charge on any atom is -0.328 e. The highest BCUT2D eigenvalue weighted by Crippen LogP contribution is 2.30. The van der Waals surface area contributed by atoms with E-state index in [1.807, 2.05) is 30.3 Å². The summed E-state index contributed by atoms with van der Waals surface area (Å²) in [6.45, 7) is 0. The number of anilines is 1. The molecule has 0 aliphatic heterocycles. The van der Waals surface area contributed by atoms with E-state index in [1.54, 1.807) is 0 Å². The lowest BCUT2D eigenvalue weighted by Gasteiger charge is -2.07. The first kappa shape index (κ1) is 16.0. The van der Waals surface area contributed by atoms with Crippen LogP contribution in [0, 0.1) is 0 Å². The van der Waals surface area contributed by atoms with Gasteiger partial charge in [0.2, 0.25) is 5.11 Å². The van der Waals surface area contributed by atoms with Crippen molar-refractivity contribution in [3.05, 3.63) is 65.7 Å². The van der Waals surface area contributed by atoms with Crippen LogP contribution in [0.25, 0.3) is 0 Å². The Morgan fingerprint density at radius 1 is 1.00 bits per heavy atom. The average Bonchev–Trinajstić information content (AvgIpc) is 2.48. The number of hydrazine groups is 1. The second-order valence-electron chi connectivity index (χ2n) is 4.32. The molecule has 2 aromatic carbocycles. The molecule has 0 saturated heterocycles. The smallest absolute Gasteiger partial charge is 0.328 e. The molecule has 0 amide bonds. The van der Waals surface area contributed by atoms with Crippen molar-refractivity contribution in [2.24, 2.45) is 0 Å². The SMILES string of the molecule is FC(F)(F)c1ccccc1C=[NH+]NC(=S)Nc1ccccc1. The maximum Gasteiger partial charge on any atom is 0.417 e. The molecule has 0 spiro atoms. The van der Waals surface area contributed by atoms with Gasteiger partial charge in [-0.3, -0.25) is 0 Å². The average molecular weight is 324 g/mol. The summed E-state index contributed by atoms with van der Waals surface area (Å²) >= 11 is 5.03. The van der Waals surface area contributed by atoms with E-state index in [0.717, 1.165) is 11.8 Å². The number of hydrogen-bond acceptors (Lipinski definition) is 1. The van der Waals surface area contributed by atoms with Crippen molar-refractivity contribution in [1.82, 2.24) is 5.43 Å². The molecule has 0 radical (unpaired) electrons. The summed E-state index contributed by atoms with van der Waals surface area (Å²) in [4.78, 5) is 0. The maximum atomic E-state index is 12.8. The molecular weight excluding hydrogens is 311 g/mol. The molecule has 7 heteroatoms. The van der Waals surface area contributed by atoms with Gasteiger partial charge >= 0.3 is 6.18 Å². The quantitative estimate of drug-likeness (QED) is 0.460. The van der Waals surface area contributed by atoms with Crippen LogP contribution in [-0.2, 0) is 6.18 Å². The first-order valence-corrected chi connectivity index (χ1v) is 6.74. The summed E-state index contributed by atoms with van der Waals surface area (Å²) < 4.78 is 38.4. The topological polar surface area (TPSA) is 38.0 Å². The lowest BCUT2D eigenvalue weighted by atomic mass is 10.1. The molecule has 0 bridgehead atoms. The van der Waals surface area contributed by atoms with Gasteiger partial charge < -0.3 is 5.32 Å². The van der Waals surface area contributed by atoms with Crippen LogP contribution in [0.3, 0.4) is 0 Å². The summed E-state index contributed by atoms with van der Waals surface area (Å²) in [6, 6.07) is 14.4. The largest absolute Gasteiger partial charge is 0.417 e. The van der Waals surface area contributed by atoms with E-state index in [1.165, 1.54) is 24.4 Å². The highest BCUT2D eigenvalue weighted by Gasteiger charge is 2.33. The molecule has 2 aromatic rings. The molecule has 0 unspecified atom stereocenters. The number of rotatable bonds is 3. The van der Waals surface area contributed by atoms with Gasteiger partial charge in [-0.1, -0.05) is 30.3 Å². The van der Waals surface area contributed by atoms with Crippen molar-refractivity contribution in [1.29, 1.82) is 0 Å². The minimum absolute atomic E-state index is 0.0185. The van der Waals surface area contributed by atoms with Gasteiger partial charge in [-0.05, 0) is 36.5 Å². The Hall–Kier alpha value is -2.41. The molecule has 2 rings (SSSR count). The third kappa shape index (κ3) is 4.56. The van der Waals surface area contributed by atoms with Gasteiger partial charge in [0.15, 0.2) is 6.21 Å². The number of hydrazone groups is 1. The van der Waals surface area contributed by atoms with Crippen LogP contribution >= 0.6 is 12.2 Å². The zero-order chi connectivity index (χ0) is 16.0. The van der Waals surface area contributed by atoms with Gasteiger partial charge in [0, 0.05) is 5.69 Å². The normalized spacial score (nSPS) is 11.4. The molecule has 0 aliphatic carbocycles. The van der Waals surface area contributed by atoms with Gasteiger partial charge in [-0.25, -0.2) is 0 Å². The van der Waals surface area contributed by atoms with Crippen LogP contribution in [0.4, 0.5) is 18.9 Å². The van der Waals surface area contributed by atoms with Gasteiger partial charge in [0.1, 0.15) is 0 Å². The summed E-state index contributed by atoms with van der Waals surface area (Å²) in [7, 11) is 0. The first-order valence-electron chi connectivity index (χ1n) is 6.34. The molecule has 3 nitrogen and oxygen atoms in total. The molecule has 114 valence electrons. The Morgan fingerprint density at radius 3 is 2.32 bits per heavy atom. The Bertz CT molecular complexity index is 669. The summed E-state index contributed by atoms with van der Waals surface area (Å²) in [6.07, 6.45) is -3.20. The Balaban J connectivity index is 2.00. The van der Waals surface area contributed by atoms with Gasteiger partial charge in [0.25, 0.3) is 0 Å². The highest BCUT2D eigenvalue weighted by atomic mass is 32.1. The number of benzene rings is 2. The van der Waals surface area contributed by atoms with Crippen LogP contribution < -0.4 is 15.8 Å². The number of nitrogens with one attached hydrogen (secondary N) is 3. The predicted octanol–water partition coefficient (Wildman–Crippen LogP) is 2.11. The number of halogens is 3. The van der Waals surface area contributed by atoms with Crippen molar-refractivity contribution in [3.8, 4) is 0 Å². The summed E-state index contributed by atoms with van der Waals surface area (Å²) in [5, 5.41) is 5.69. The van der Waals surface area contributed by atoms with Crippen molar-refractivity contribution in [2.45, 2.75) is 6.18 Å². The van der Waals surface area contributed by atoms with Crippen molar-refractivity contribution < 1.29 is 18.3 Å². The summed E-state index contributed by atoms with van der Waals surface area (Å²) in [5.41, 5.74) is 2.68. The Kier molecular flexibility index (Phi) is 5.11. The molecule has 0 saturated carbocycles. The number of alkyl halides is 3. The monoisotopic (exact) mass is 324 g/mol. The molecule has 22 heavy (non-hydrogen) atoms. The Morgan fingerprint density at radius 2 is 1.64 bits per heavy atom. The predicted molar refractivity (Wildman–Crippen MR) is 83.4 cm³/mol. The standard InChI is InChI=1S/C15H12F3N3S/c16-15(17,18)13-9-5-4-6-11(13)10-19-21-14(22)20-12-7-2-1-3-8-12/h1-10H,(H2,20,21,22)/p+1. The maximum absolute atomic E-state index is 12.8. The van der Waals surface area contributed by atoms with E-state index < -0.39 is 11.7 Å². The van der Waals surface area contributed by atoms with E-state index in [9.17, 15) is 13.2 Å². The third-order valence-electron chi connectivity index (χ3n) is 2.71. The van der Waals surface area contributed by atoms with Crippen molar-refractivity contribution in [2.75, 3.05) is 5.32 Å². The van der Waals surface area contributed by atoms with E-state index in [0.29, 0.717) is 0 Å². The van der Waals surface area contributed by atoms with Crippen LogP contribution in [0.15, 0.2) is 54.6 Å². The fraction of sp³-hybridized carbons (Fsp3) is 0.0667. The zero-order valence-electron chi connectivity index (χ0n) is 11.3. The molecule has 0 aromatic heterocycles. The summed E-state index contributed by atoms with van der Waals surface area (Å²) in [5.74, 6) is 0. The molecule has 0 heterocycles. The molecule has 0 fully saturated rings. The van der Waals surface area contributed by atoms with E-state index in [4.69, 9.17) is 12.2 Å². The van der Waals surface area contributed by atoms with Crippen molar-refractivity contribution in [3.63, 3.8) is 0 Å². The molecule has 3 N–H and O–H groups in total. The fourth-order valence-electron chi connectivity index (χ4n) is 1.74. The molecular formula is C15H13F3N3S+. The number of thiocarbonyl (C=S) groups is 1. The zero-order valence-corrected chi connectivity index (χ0v) is 12.1. The second kappa shape index (κ2) is 7.04. The van der Waals surface area contributed by atoms with Crippen LogP contribution in [-0.4, -0.2) is 11.3 Å². The first-order chi connectivity index (χ1) is 10.5. The van der Waals surface area contributed by atoms with Gasteiger partial charge in [0.05, 0.1) is 11.1 Å². The Labute approximate surface area is 130 Å². The van der Waals surface area contributed by atoms with Crippen LogP contribution in [0.2, 0.25) is 0 Å². The van der Waals surface area contributed by atoms with Gasteiger partial charge in [-0.15, -0.1) is 10.5 Å². The molecule has 0 aliphatic rings. The second-order valence-corrected chi connectivity index (χ2v) is 4.73. The lowest BCUT2D eigenvalue weighted by Crippen LogP contribution is -2.82. The number of para-hydroxylation sites is 1. The lowest BCUT2D eigenvalue weighted by molar-refractivity contribution is -0.499. The fourth-order valence-corrected chi connectivity index (χ4v) is 1.92. The van der Waals surface area contributed by atoms with E-state index >= 15 is 0 Å². The van der Waals surface area contributed by atoms with E-state index in [2.05, 4.69) is 15.8 Å². The number of hydrogen-bond donors (Lipinski definition) is 3. The van der Waals surface area contributed by atoms with Gasteiger partial charge in [-0.2, -0.15) is 13.2 Å². The highest BCUT2D eigenvalue weighted by molar-refractivity contribution is 7.80. The molecule has 0 atom stereocenters. The van der Waals surface area contributed by atoms with E-state index in [-0.39, 0.29) is 10.7 Å². The minimum atomic E-state index is -4.41. The third-order valence-corrected chi connectivity index (χ3v) is 2.92.